The molecule has 1 unspecified atom stereocenters. The van der Waals surface area contributed by atoms with Crippen LogP contribution in [0.1, 0.15) is 85.0 Å². The van der Waals surface area contributed by atoms with Crippen molar-refractivity contribution in [2.75, 3.05) is 0 Å². The highest BCUT2D eigenvalue weighted by atomic mass is 15.5. The van der Waals surface area contributed by atoms with Gasteiger partial charge in [-0.25, -0.2) is 4.68 Å². The van der Waals surface area contributed by atoms with Gasteiger partial charge in [-0.2, -0.15) is 0 Å². The lowest BCUT2D eigenvalue weighted by atomic mass is 9.71. The fourth-order valence-corrected chi connectivity index (χ4v) is 3.45. The highest BCUT2D eigenvalue weighted by Crippen LogP contribution is 2.39. The maximum Gasteiger partial charge on any atom is 0.0859 e. The number of aromatic nitrogens is 3. The van der Waals surface area contributed by atoms with Crippen molar-refractivity contribution in [2.45, 2.75) is 92.0 Å². The summed E-state index contributed by atoms with van der Waals surface area (Å²) in [4.78, 5) is 0. The Morgan fingerprint density at radius 3 is 2.38 bits per heavy atom. The molecule has 120 valence electrons. The molecule has 1 aliphatic carbocycles. The van der Waals surface area contributed by atoms with Crippen molar-refractivity contribution in [3.8, 4) is 0 Å². The summed E-state index contributed by atoms with van der Waals surface area (Å²) in [5, 5.41) is 8.99. The molecule has 3 heteroatoms. The van der Waals surface area contributed by atoms with Crippen LogP contribution in [0.5, 0.6) is 0 Å². The van der Waals surface area contributed by atoms with Gasteiger partial charge in [-0.3, -0.25) is 0 Å². The molecule has 0 saturated heterocycles. The summed E-state index contributed by atoms with van der Waals surface area (Å²) in [6, 6.07) is 0. The molecule has 0 radical (unpaired) electrons. The highest BCUT2D eigenvalue weighted by molar-refractivity contribution is 5.14. The van der Waals surface area contributed by atoms with E-state index in [9.17, 15) is 0 Å². The number of hydrogen-bond donors (Lipinski definition) is 0. The molecule has 0 amide bonds. The molecule has 0 saturated carbocycles. The van der Waals surface area contributed by atoms with Crippen LogP contribution in [0.2, 0.25) is 0 Å². The molecule has 3 nitrogen and oxygen atoms in total. The third-order valence-corrected chi connectivity index (χ3v) is 5.99. The molecular formula is C18H33N3. The van der Waals surface area contributed by atoms with Crippen LogP contribution in [0, 0.1) is 11.3 Å². The Hall–Kier alpha value is -0.860. The van der Waals surface area contributed by atoms with E-state index in [1.54, 1.807) is 0 Å². The van der Waals surface area contributed by atoms with Gasteiger partial charge < -0.3 is 0 Å². The standard InChI is InChI=1S/C18H33N3/c1-7-17(3,4)14-10-9-11-15-16(13-12-14)21(20-19-15)18(5,6)8-2/h14H,7-13H2,1-6H3. The molecule has 1 aromatic heterocycles. The van der Waals surface area contributed by atoms with Gasteiger partial charge in [0.05, 0.1) is 16.9 Å². The lowest BCUT2D eigenvalue weighted by Crippen LogP contribution is -2.30. The fourth-order valence-electron chi connectivity index (χ4n) is 3.45. The molecule has 21 heavy (non-hydrogen) atoms. The van der Waals surface area contributed by atoms with E-state index in [1.165, 1.54) is 37.1 Å². The van der Waals surface area contributed by atoms with Crippen molar-refractivity contribution >= 4 is 0 Å². The SMILES string of the molecule is CCC(C)(C)C1CCCc2nnn(C(C)(C)CC)c2CC1. The Bertz CT molecular complexity index is 471. The van der Waals surface area contributed by atoms with E-state index in [-0.39, 0.29) is 5.54 Å². The highest BCUT2D eigenvalue weighted by Gasteiger charge is 2.31. The Morgan fingerprint density at radius 2 is 1.76 bits per heavy atom. The van der Waals surface area contributed by atoms with Crippen LogP contribution in [-0.4, -0.2) is 15.0 Å². The number of aryl methyl sites for hydroxylation is 1. The third kappa shape index (κ3) is 3.32. The fraction of sp³-hybridized carbons (Fsp3) is 0.889. The molecule has 2 rings (SSSR count). The zero-order valence-electron chi connectivity index (χ0n) is 14.9. The molecule has 0 N–H and O–H groups in total. The summed E-state index contributed by atoms with van der Waals surface area (Å²) < 4.78 is 2.21. The number of rotatable bonds is 4. The summed E-state index contributed by atoms with van der Waals surface area (Å²) in [5.41, 5.74) is 3.19. The molecule has 0 aliphatic heterocycles. The average Bonchev–Trinajstić information content (AvgIpc) is 2.81. The van der Waals surface area contributed by atoms with Crippen LogP contribution in [0.4, 0.5) is 0 Å². The van der Waals surface area contributed by atoms with E-state index in [2.05, 4.69) is 56.5 Å². The second kappa shape index (κ2) is 6.10. The van der Waals surface area contributed by atoms with Crippen molar-refractivity contribution in [1.82, 2.24) is 15.0 Å². The second-order valence-corrected chi connectivity index (χ2v) is 8.03. The van der Waals surface area contributed by atoms with Crippen molar-refractivity contribution in [3.05, 3.63) is 11.4 Å². The summed E-state index contributed by atoms with van der Waals surface area (Å²) in [6.07, 6.45) is 8.47. The van der Waals surface area contributed by atoms with Gasteiger partial charge in [-0.1, -0.05) is 39.3 Å². The van der Waals surface area contributed by atoms with Gasteiger partial charge >= 0.3 is 0 Å². The molecule has 0 fully saturated rings. The molecule has 1 aliphatic rings. The van der Waals surface area contributed by atoms with E-state index in [0.29, 0.717) is 5.41 Å². The van der Waals surface area contributed by atoms with Crippen molar-refractivity contribution in [2.24, 2.45) is 11.3 Å². The lowest BCUT2D eigenvalue weighted by Gasteiger charge is -2.35. The summed E-state index contributed by atoms with van der Waals surface area (Å²) in [5.74, 6) is 0.823. The molecule has 0 aromatic carbocycles. The molecule has 0 bridgehead atoms. The second-order valence-electron chi connectivity index (χ2n) is 8.03. The molecular weight excluding hydrogens is 258 g/mol. The van der Waals surface area contributed by atoms with Crippen molar-refractivity contribution in [1.29, 1.82) is 0 Å². The van der Waals surface area contributed by atoms with E-state index in [0.717, 1.165) is 25.2 Å². The van der Waals surface area contributed by atoms with Crippen LogP contribution in [0.25, 0.3) is 0 Å². The number of nitrogens with zero attached hydrogens (tertiary/aromatic N) is 3. The topological polar surface area (TPSA) is 30.7 Å². The predicted octanol–water partition coefficient (Wildman–Crippen LogP) is 4.74. The van der Waals surface area contributed by atoms with Gasteiger partial charge in [0, 0.05) is 0 Å². The zero-order chi connectivity index (χ0) is 15.7. The minimum Gasteiger partial charge on any atom is -0.244 e. The maximum atomic E-state index is 4.50. The summed E-state index contributed by atoms with van der Waals surface area (Å²) in [6.45, 7) is 14.0. The monoisotopic (exact) mass is 291 g/mol. The molecule has 1 atom stereocenters. The van der Waals surface area contributed by atoms with Gasteiger partial charge in [0.15, 0.2) is 0 Å². The normalized spacial score (nSPS) is 20.8. The van der Waals surface area contributed by atoms with Gasteiger partial charge in [-0.15, -0.1) is 5.10 Å². The van der Waals surface area contributed by atoms with Gasteiger partial charge in [0.2, 0.25) is 0 Å². The Morgan fingerprint density at radius 1 is 1.05 bits per heavy atom. The molecule has 1 aromatic rings. The lowest BCUT2D eigenvalue weighted by molar-refractivity contribution is 0.171. The first-order chi connectivity index (χ1) is 9.81. The van der Waals surface area contributed by atoms with E-state index in [4.69, 9.17) is 0 Å². The van der Waals surface area contributed by atoms with Crippen molar-refractivity contribution in [3.63, 3.8) is 0 Å². The quantitative estimate of drug-likeness (QED) is 0.802. The first-order valence-electron chi connectivity index (χ1n) is 8.75. The average molecular weight is 291 g/mol. The minimum atomic E-state index is 0.0789. The van der Waals surface area contributed by atoms with Gasteiger partial charge in [-0.05, 0) is 63.7 Å². The first kappa shape index (κ1) is 16.5. The van der Waals surface area contributed by atoms with E-state index in [1.807, 2.05) is 0 Å². The van der Waals surface area contributed by atoms with Crippen molar-refractivity contribution < 1.29 is 0 Å². The zero-order valence-corrected chi connectivity index (χ0v) is 14.9. The number of hydrogen-bond acceptors (Lipinski definition) is 2. The van der Waals surface area contributed by atoms with Crippen LogP contribution >= 0.6 is 0 Å². The van der Waals surface area contributed by atoms with Gasteiger partial charge in [0.25, 0.3) is 0 Å². The van der Waals surface area contributed by atoms with E-state index < -0.39 is 0 Å². The Kier molecular flexibility index (Phi) is 4.79. The predicted molar refractivity (Wildman–Crippen MR) is 88.5 cm³/mol. The Labute approximate surface area is 130 Å². The number of fused-ring (bicyclic) bond motifs is 1. The largest absolute Gasteiger partial charge is 0.244 e. The van der Waals surface area contributed by atoms with Gasteiger partial charge in [0.1, 0.15) is 0 Å². The summed E-state index contributed by atoms with van der Waals surface area (Å²) >= 11 is 0. The van der Waals surface area contributed by atoms with Crippen LogP contribution < -0.4 is 0 Å². The van der Waals surface area contributed by atoms with E-state index >= 15 is 0 Å². The van der Waals surface area contributed by atoms with Crippen LogP contribution in [0.15, 0.2) is 0 Å². The summed E-state index contributed by atoms with van der Waals surface area (Å²) in [7, 11) is 0. The smallest absolute Gasteiger partial charge is 0.0859 e. The molecule has 0 spiro atoms. The minimum absolute atomic E-state index is 0.0789. The molecule has 1 heterocycles. The Balaban J connectivity index is 2.25. The first-order valence-corrected chi connectivity index (χ1v) is 8.75. The third-order valence-electron chi connectivity index (χ3n) is 5.99. The van der Waals surface area contributed by atoms with Crippen LogP contribution in [0.3, 0.4) is 0 Å². The maximum absolute atomic E-state index is 4.50. The van der Waals surface area contributed by atoms with Crippen LogP contribution in [-0.2, 0) is 18.4 Å².